The summed E-state index contributed by atoms with van der Waals surface area (Å²) in [6, 6.07) is 9.76. The minimum absolute atomic E-state index is 0.0704. The van der Waals surface area contributed by atoms with Gasteiger partial charge in [0.1, 0.15) is 5.82 Å². The number of aromatic nitrogens is 1. The molecule has 2 rings (SSSR count). The van der Waals surface area contributed by atoms with E-state index in [-0.39, 0.29) is 10.7 Å². The molecule has 0 aliphatic rings. The van der Waals surface area contributed by atoms with Gasteiger partial charge in [-0.2, -0.15) is 0 Å². The van der Waals surface area contributed by atoms with E-state index in [0.29, 0.717) is 10.8 Å². The lowest BCUT2D eigenvalue weighted by molar-refractivity contribution is -0.388. The predicted octanol–water partition coefficient (Wildman–Crippen LogP) is 3.08. The van der Waals surface area contributed by atoms with Crippen molar-refractivity contribution < 1.29 is 4.92 Å². The summed E-state index contributed by atoms with van der Waals surface area (Å²) in [4.78, 5) is 15.3. The number of hydrogen-bond acceptors (Lipinski definition) is 6. The molecule has 0 amide bonds. The van der Waals surface area contributed by atoms with Crippen molar-refractivity contribution in [2.75, 3.05) is 5.43 Å². The molecule has 6 nitrogen and oxygen atoms in total. The normalized spacial score (nSPS) is 10.2. The van der Waals surface area contributed by atoms with Crippen LogP contribution in [0.5, 0.6) is 0 Å². The summed E-state index contributed by atoms with van der Waals surface area (Å²) >= 11 is 6.96. The van der Waals surface area contributed by atoms with Crippen LogP contribution in [0.1, 0.15) is 0 Å². The van der Waals surface area contributed by atoms with E-state index in [9.17, 15) is 10.1 Å². The molecule has 3 N–H and O–H groups in total. The molecule has 0 aliphatic carbocycles. The molecule has 0 fully saturated rings. The Morgan fingerprint density at radius 1 is 1.26 bits per heavy atom. The Bertz CT molecular complexity index is 606. The zero-order chi connectivity index (χ0) is 13.8. The fourth-order valence-electron chi connectivity index (χ4n) is 1.34. The molecule has 0 atom stereocenters. The Morgan fingerprint density at radius 2 is 1.95 bits per heavy atom. The van der Waals surface area contributed by atoms with Gasteiger partial charge in [-0.25, -0.2) is 10.8 Å². The van der Waals surface area contributed by atoms with Crippen LogP contribution in [0.15, 0.2) is 46.3 Å². The van der Waals surface area contributed by atoms with Crippen molar-refractivity contribution in [3.63, 3.8) is 0 Å². The van der Waals surface area contributed by atoms with Crippen LogP contribution in [0.4, 0.5) is 11.5 Å². The van der Waals surface area contributed by atoms with E-state index in [4.69, 9.17) is 17.4 Å². The molecule has 0 bridgehead atoms. The van der Waals surface area contributed by atoms with Crippen molar-refractivity contribution in [3.8, 4) is 0 Å². The molecule has 0 saturated carbocycles. The smallest absolute Gasteiger partial charge is 0.301 e. The minimum Gasteiger partial charge on any atom is -0.308 e. The van der Waals surface area contributed by atoms with Gasteiger partial charge in [-0.05, 0) is 30.3 Å². The van der Waals surface area contributed by atoms with Gasteiger partial charge in [-0.3, -0.25) is 10.1 Å². The zero-order valence-electron chi connectivity index (χ0n) is 9.54. The molecule has 0 unspecified atom stereocenters. The number of rotatable bonds is 4. The van der Waals surface area contributed by atoms with Gasteiger partial charge < -0.3 is 5.43 Å². The number of halogens is 1. The van der Waals surface area contributed by atoms with Crippen LogP contribution in [-0.2, 0) is 0 Å². The fourth-order valence-corrected chi connectivity index (χ4v) is 2.35. The second-order valence-corrected chi connectivity index (χ2v) is 4.98. The Morgan fingerprint density at radius 3 is 2.53 bits per heavy atom. The van der Waals surface area contributed by atoms with Gasteiger partial charge in [0, 0.05) is 16.0 Å². The Balaban J connectivity index is 2.36. The third-order valence-electron chi connectivity index (χ3n) is 2.21. The summed E-state index contributed by atoms with van der Waals surface area (Å²) < 4.78 is 0. The van der Waals surface area contributed by atoms with E-state index in [1.807, 2.05) is 0 Å². The third-order valence-corrected chi connectivity index (χ3v) is 3.47. The average Bonchev–Trinajstić information content (AvgIpc) is 2.41. The van der Waals surface area contributed by atoms with E-state index < -0.39 is 4.92 Å². The summed E-state index contributed by atoms with van der Waals surface area (Å²) in [6.45, 7) is 0. The van der Waals surface area contributed by atoms with Crippen LogP contribution in [0.2, 0.25) is 5.02 Å². The molecule has 0 radical (unpaired) electrons. The van der Waals surface area contributed by atoms with Gasteiger partial charge in [-0.1, -0.05) is 23.4 Å². The van der Waals surface area contributed by atoms with Gasteiger partial charge >= 0.3 is 5.69 Å². The quantitative estimate of drug-likeness (QED) is 0.511. The predicted molar refractivity (Wildman–Crippen MR) is 74.3 cm³/mol. The maximum atomic E-state index is 10.9. The lowest BCUT2D eigenvalue weighted by atomic mass is 10.4. The Labute approximate surface area is 118 Å². The van der Waals surface area contributed by atoms with E-state index >= 15 is 0 Å². The largest absolute Gasteiger partial charge is 0.308 e. The van der Waals surface area contributed by atoms with Crippen LogP contribution < -0.4 is 11.3 Å². The molecule has 1 aromatic heterocycles. The highest BCUT2D eigenvalue weighted by Gasteiger charge is 2.17. The monoisotopic (exact) mass is 296 g/mol. The SMILES string of the molecule is NNc1ccc([N+](=O)[O-])c(Sc2ccc(Cl)cc2)n1. The molecule has 1 heterocycles. The highest BCUT2D eigenvalue weighted by molar-refractivity contribution is 7.99. The lowest BCUT2D eigenvalue weighted by Gasteiger charge is -2.05. The number of nitrogens with zero attached hydrogens (tertiary/aromatic N) is 2. The van der Waals surface area contributed by atoms with Crippen LogP contribution in [0.25, 0.3) is 0 Å². The molecular formula is C11H9ClN4O2S. The number of hydrogen-bond donors (Lipinski definition) is 2. The Hall–Kier alpha value is -1.83. The first-order valence-corrected chi connectivity index (χ1v) is 6.35. The highest BCUT2D eigenvalue weighted by Crippen LogP contribution is 2.34. The van der Waals surface area contributed by atoms with E-state index in [1.54, 1.807) is 24.3 Å². The van der Waals surface area contributed by atoms with Crippen LogP contribution in [-0.4, -0.2) is 9.91 Å². The summed E-state index contributed by atoms with van der Waals surface area (Å²) in [7, 11) is 0. The average molecular weight is 297 g/mol. The van der Waals surface area contributed by atoms with Gasteiger partial charge in [0.15, 0.2) is 5.03 Å². The highest BCUT2D eigenvalue weighted by atomic mass is 35.5. The van der Waals surface area contributed by atoms with Gasteiger partial charge in [0.05, 0.1) is 4.92 Å². The van der Waals surface area contributed by atoms with Crippen LogP contribution in [0.3, 0.4) is 0 Å². The first kappa shape index (κ1) is 13.6. The van der Waals surface area contributed by atoms with Crippen molar-refractivity contribution in [2.45, 2.75) is 9.92 Å². The second-order valence-electron chi connectivity index (χ2n) is 3.48. The summed E-state index contributed by atoms with van der Waals surface area (Å²) in [5.41, 5.74) is 2.29. The molecule has 0 aliphatic heterocycles. The number of anilines is 1. The van der Waals surface area contributed by atoms with Crippen molar-refractivity contribution in [1.82, 2.24) is 4.98 Å². The summed E-state index contributed by atoms with van der Waals surface area (Å²) in [5, 5.41) is 11.8. The number of nitrogen functional groups attached to an aromatic ring is 1. The number of nitrogens with two attached hydrogens (primary N) is 1. The maximum Gasteiger partial charge on any atom is 0.301 e. The molecule has 0 saturated heterocycles. The molecule has 98 valence electrons. The van der Waals surface area contributed by atoms with Crippen molar-refractivity contribution in [2.24, 2.45) is 5.84 Å². The number of nitrogens with one attached hydrogen (secondary N) is 1. The van der Waals surface area contributed by atoms with Crippen LogP contribution in [0, 0.1) is 10.1 Å². The van der Waals surface area contributed by atoms with E-state index in [1.165, 1.54) is 23.9 Å². The number of nitro groups is 1. The van der Waals surface area contributed by atoms with Crippen molar-refractivity contribution in [3.05, 3.63) is 51.5 Å². The molecule has 2 aromatic rings. The van der Waals surface area contributed by atoms with E-state index in [2.05, 4.69) is 10.4 Å². The van der Waals surface area contributed by atoms with Gasteiger partial charge in [0.25, 0.3) is 0 Å². The van der Waals surface area contributed by atoms with Gasteiger partial charge in [-0.15, -0.1) is 0 Å². The van der Waals surface area contributed by atoms with Gasteiger partial charge in [0.2, 0.25) is 0 Å². The topological polar surface area (TPSA) is 94.1 Å². The first-order valence-electron chi connectivity index (χ1n) is 5.15. The van der Waals surface area contributed by atoms with Crippen LogP contribution >= 0.6 is 23.4 Å². The number of benzene rings is 1. The summed E-state index contributed by atoms with van der Waals surface area (Å²) in [5.74, 6) is 5.61. The second kappa shape index (κ2) is 5.87. The lowest BCUT2D eigenvalue weighted by Crippen LogP contribution is -2.09. The third kappa shape index (κ3) is 3.34. The molecule has 8 heteroatoms. The Kier molecular flexibility index (Phi) is 4.20. The number of pyridine rings is 1. The van der Waals surface area contributed by atoms with E-state index in [0.717, 1.165) is 4.90 Å². The van der Waals surface area contributed by atoms with Crippen molar-refractivity contribution >= 4 is 34.9 Å². The maximum absolute atomic E-state index is 10.9. The molecular weight excluding hydrogens is 288 g/mol. The molecule has 19 heavy (non-hydrogen) atoms. The number of hydrazine groups is 1. The van der Waals surface area contributed by atoms with Crippen molar-refractivity contribution in [1.29, 1.82) is 0 Å². The molecule has 0 spiro atoms. The first-order chi connectivity index (χ1) is 9.10. The fraction of sp³-hybridized carbons (Fsp3) is 0. The standard InChI is InChI=1S/C11H9ClN4O2S/c12-7-1-3-8(4-2-7)19-11-9(16(17)18)5-6-10(14-11)15-13/h1-6H,13H2,(H,14,15). The minimum atomic E-state index is -0.481. The summed E-state index contributed by atoms with van der Waals surface area (Å²) in [6.07, 6.45) is 0. The molecule has 1 aromatic carbocycles. The zero-order valence-corrected chi connectivity index (χ0v) is 11.1.